The van der Waals surface area contributed by atoms with E-state index in [1.165, 1.54) is 0 Å². The highest BCUT2D eigenvalue weighted by molar-refractivity contribution is 5.97. The summed E-state index contributed by atoms with van der Waals surface area (Å²) in [6.45, 7) is 1.93. The van der Waals surface area contributed by atoms with E-state index in [-0.39, 0.29) is 12.4 Å². The molecular weight excluding hydrogens is 224 g/mol. The molecule has 0 bridgehead atoms. The molecule has 0 saturated carbocycles. The van der Waals surface area contributed by atoms with E-state index >= 15 is 0 Å². The molecule has 2 aromatic rings. The molecule has 2 heteroatoms. The second-order valence-corrected chi connectivity index (χ2v) is 3.77. The Balaban J connectivity index is 0.000000492. The van der Waals surface area contributed by atoms with Crippen LogP contribution in [0.4, 0.5) is 0 Å². The Bertz CT molecular complexity index is 449. The molecule has 0 aliphatic carbocycles. The summed E-state index contributed by atoms with van der Waals surface area (Å²) in [5, 5.41) is 7.57. The second-order valence-electron chi connectivity index (χ2n) is 3.77. The van der Waals surface area contributed by atoms with E-state index in [2.05, 4.69) is 0 Å². The van der Waals surface area contributed by atoms with E-state index in [0.29, 0.717) is 6.42 Å². The first-order chi connectivity index (χ1) is 8.77. The topological polar surface area (TPSA) is 37.3 Å². The van der Waals surface area contributed by atoms with Crippen molar-refractivity contribution in [2.75, 3.05) is 6.61 Å². The van der Waals surface area contributed by atoms with Crippen molar-refractivity contribution < 1.29 is 9.90 Å². The molecule has 0 radical (unpaired) electrons. The molecule has 2 nitrogen and oxygen atoms in total. The Labute approximate surface area is 108 Å². The lowest BCUT2D eigenvalue weighted by atomic mass is 10.0. The highest BCUT2D eigenvalue weighted by Crippen LogP contribution is 2.06. The van der Waals surface area contributed by atoms with Crippen LogP contribution in [0.3, 0.4) is 0 Å². The Hall–Kier alpha value is -1.93. The van der Waals surface area contributed by atoms with Gasteiger partial charge in [-0.05, 0) is 12.5 Å². The predicted molar refractivity (Wildman–Crippen MR) is 73.7 cm³/mol. The number of aliphatic hydroxyl groups is 1. The number of hydrogen-bond donors (Lipinski definition) is 1. The first-order valence-electron chi connectivity index (χ1n) is 6.01. The smallest absolute Gasteiger partial charge is 0.167 e. The zero-order chi connectivity index (χ0) is 13.2. The van der Waals surface area contributed by atoms with Crippen molar-refractivity contribution in [2.24, 2.45) is 0 Å². The summed E-state index contributed by atoms with van der Waals surface area (Å²) in [6, 6.07) is 19.2. The monoisotopic (exact) mass is 242 g/mol. The van der Waals surface area contributed by atoms with E-state index < -0.39 is 0 Å². The van der Waals surface area contributed by atoms with Crippen LogP contribution in [0.5, 0.6) is 0 Å². The van der Waals surface area contributed by atoms with Gasteiger partial charge in [-0.2, -0.15) is 0 Å². The van der Waals surface area contributed by atoms with Gasteiger partial charge in [0.2, 0.25) is 0 Å². The van der Waals surface area contributed by atoms with E-state index in [9.17, 15) is 4.79 Å². The molecular formula is C16H18O2. The zero-order valence-electron chi connectivity index (χ0n) is 10.5. The third-order valence-corrected chi connectivity index (χ3v) is 2.30. The van der Waals surface area contributed by atoms with Crippen LogP contribution in [0.25, 0.3) is 0 Å². The fourth-order valence-electron chi connectivity index (χ4n) is 1.51. The van der Waals surface area contributed by atoms with Crippen LogP contribution in [-0.4, -0.2) is 17.5 Å². The van der Waals surface area contributed by atoms with Crippen molar-refractivity contribution in [1.82, 2.24) is 0 Å². The summed E-state index contributed by atoms with van der Waals surface area (Å²) in [5.74, 6) is 0.168. The highest BCUT2D eigenvalue weighted by Gasteiger charge is 2.05. The number of hydrogen-bond acceptors (Lipinski definition) is 2. The van der Waals surface area contributed by atoms with Gasteiger partial charge in [0.25, 0.3) is 0 Å². The van der Waals surface area contributed by atoms with Crippen LogP contribution >= 0.6 is 0 Å². The maximum absolute atomic E-state index is 11.8. The number of rotatable bonds is 3. The fourth-order valence-corrected chi connectivity index (χ4v) is 1.51. The summed E-state index contributed by atoms with van der Waals surface area (Å²) in [5.41, 5.74) is 1.84. The quantitative estimate of drug-likeness (QED) is 0.840. The molecule has 2 rings (SSSR count). The molecule has 0 fully saturated rings. The summed E-state index contributed by atoms with van der Waals surface area (Å²) in [6.07, 6.45) is 0.477. The van der Waals surface area contributed by atoms with Gasteiger partial charge in [0.1, 0.15) is 0 Å². The molecule has 0 aromatic heterocycles. The van der Waals surface area contributed by atoms with Crippen molar-refractivity contribution in [3.8, 4) is 0 Å². The van der Waals surface area contributed by atoms with Gasteiger partial charge in [0.05, 0.1) is 0 Å². The number of Topliss-reactive ketones (excluding diaryl/α,β-unsaturated/α-hetero) is 1. The van der Waals surface area contributed by atoms with Crippen LogP contribution in [0, 0.1) is 0 Å². The van der Waals surface area contributed by atoms with Gasteiger partial charge in [-0.15, -0.1) is 0 Å². The summed E-state index contributed by atoms with van der Waals surface area (Å²) < 4.78 is 0. The average Bonchev–Trinajstić information content (AvgIpc) is 2.42. The Morgan fingerprint density at radius 3 is 1.89 bits per heavy atom. The SMILES string of the molecule is CCO.O=C(Cc1ccccc1)c1ccccc1. The van der Waals surface area contributed by atoms with Gasteiger partial charge < -0.3 is 5.11 Å². The highest BCUT2D eigenvalue weighted by atomic mass is 16.2. The van der Waals surface area contributed by atoms with E-state index in [4.69, 9.17) is 5.11 Å². The Morgan fingerprint density at radius 1 is 0.944 bits per heavy atom. The molecule has 0 aliphatic rings. The van der Waals surface area contributed by atoms with Crippen molar-refractivity contribution in [1.29, 1.82) is 0 Å². The van der Waals surface area contributed by atoms with Crippen molar-refractivity contribution in [3.63, 3.8) is 0 Å². The normalized spacial score (nSPS) is 9.22. The first-order valence-corrected chi connectivity index (χ1v) is 6.01. The van der Waals surface area contributed by atoms with Crippen molar-refractivity contribution in [2.45, 2.75) is 13.3 Å². The Morgan fingerprint density at radius 2 is 1.39 bits per heavy atom. The average molecular weight is 242 g/mol. The molecule has 0 atom stereocenters. The lowest BCUT2D eigenvalue weighted by Gasteiger charge is -2.00. The van der Waals surface area contributed by atoms with E-state index in [0.717, 1.165) is 11.1 Å². The first kappa shape index (κ1) is 14.1. The molecule has 0 heterocycles. The molecule has 0 spiro atoms. The third kappa shape index (κ3) is 4.93. The summed E-state index contributed by atoms with van der Waals surface area (Å²) in [7, 11) is 0. The largest absolute Gasteiger partial charge is 0.397 e. The summed E-state index contributed by atoms with van der Waals surface area (Å²) in [4.78, 5) is 11.8. The molecule has 94 valence electrons. The second kappa shape index (κ2) is 8.20. The number of aliphatic hydroxyl groups excluding tert-OH is 1. The predicted octanol–water partition coefficient (Wildman–Crippen LogP) is 3.11. The molecule has 0 aliphatic heterocycles. The van der Waals surface area contributed by atoms with E-state index in [1.807, 2.05) is 60.7 Å². The number of carbonyl (C=O) groups excluding carboxylic acids is 1. The van der Waals surface area contributed by atoms with Crippen LogP contribution < -0.4 is 0 Å². The minimum absolute atomic E-state index is 0.168. The number of carbonyl (C=O) groups is 1. The standard InChI is InChI=1S/C14H12O.C2H6O/c15-14(13-9-5-2-6-10-13)11-12-7-3-1-4-8-12;1-2-3/h1-10H,11H2;3H,2H2,1H3. The van der Waals surface area contributed by atoms with Gasteiger partial charge in [0, 0.05) is 18.6 Å². The molecule has 0 unspecified atom stereocenters. The van der Waals surface area contributed by atoms with Gasteiger partial charge in [-0.3, -0.25) is 4.79 Å². The molecule has 0 amide bonds. The van der Waals surface area contributed by atoms with Gasteiger partial charge in [-0.1, -0.05) is 60.7 Å². The van der Waals surface area contributed by atoms with Crippen LogP contribution in [0.1, 0.15) is 22.8 Å². The summed E-state index contributed by atoms with van der Waals surface area (Å²) >= 11 is 0. The molecule has 18 heavy (non-hydrogen) atoms. The van der Waals surface area contributed by atoms with E-state index in [1.54, 1.807) is 6.92 Å². The number of benzene rings is 2. The van der Waals surface area contributed by atoms with Gasteiger partial charge in [0.15, 0.2) is 5.78 Å². The van der Waals surface area contributed by atoms with Gasteiger partial charge >= 0.3 is 0 Å². The third-order valence-electron chi connectivity index (χ3n) is 2.30. The maximum Gasteiger partial charge on any atom is 0.167 e. The van der Waals surface area contributed by atoms with Crippen LogP contribution in [0.2, 0.25) is 0 Å². The minimum atomic E-state index is 0.168. The molecule has 0 saturated heterocycles. The lowest BCUT2D eigenvalue weighted by molar-refractivity contribution is 0.0993. The maximum atomic E-state index is 11.8. The zero-order valence-corrected chi connectivity index (χ0v) is 10.5. The van der Waals surface area contributed by atoms with Crippen molar-refractivity contribution in [3.05, 3.63) is 71.8 Å². The fraction of sp³-hybridized carbons (Fsp3) is 0.188. The minimum Gasteiger partial charge on any atom is -0.397 e. The Kier molecular flexibility index (Phi) is 6.44. The van der Waals surface area contributed by atoms with Crippen molar-refractivity contribution >= 4 is 5.78 Å². The van der Waals surface area contributed by atoms with Gasteiger partial charge in [-0.25, -0.2) is 0 Å². The van der Waals surface area contributed by atoms with Crippen LogP contribution in [-0.2, 0) is 6.42 Å². The lowest BCUT2D eigenvalue weighted by Crippen LogP contribution is -2.02. The van der Waals surface area contributed by atoms with Crippen LogP contribution in [0.15, 0.2) is 60.7 Å². The number of ketones is 1. The molecule has 2 aromatic carbocycles. The molecule has 1 N–H and O–H groups in total.